The number of nitrogens with zero attached hydrogens (tertiary/aromatic N) is 1. The Hall–Kier alpha value is -0.580. The second kappa shape index (κ2) is 7.77. The number of hydrogen-bond acceptors (Lipinski definition) is 3. The zero-order valence-corrected chi connectivity index (χ0v) is 13.0. The van der Waals surface area contributed by atoms with Gasteiger partial charge in [-0.15, -0.1) is 0 Å². The number of ether oxygens (including phenoxy) is 1. The van der Waals surface area contributed by atoms with Crippen LogP contribution in [0.4, 0.5) is 5.69 Å². The molecule has 0 aliphatic carbocycles. The van der Waals surface area contributed by atoms with Crippen LogP contribution in [-0.4, -0.2) is 32.8 Å². The van der Waals surface area contributed by atoms with Gasteiger partial charge in [0, 0.05) is 36.4 Å². The molecule has 4 heteroatoms. The molecule has 102 valence electrons. The summed E-state index contributed by atoms with van der Waals surface area (Å²) in [6, 6.07) is 6.56. The number of anilines is 1. The minimum absolute atomic E-state index is 0.166. The predicted octanol–water partition coefficient (Wildman–Crippen LogP) is 2.81. The van der Waals surface area contributed by atoms with Gasteiger partial charge in [-0.25, -0.2) is 0 Å². The van der Waals surface area contributed by atoms with Gasteiger partial charge in [-0.1, -0.05) is 15.9 Å². The number of benzene rings is 1. The maximum atomic E-state index is 5.93. The molecule has 1 aromatic carbocycles. The topological polar surface area (TPSA) is 38.5 Å². The highest BCUT2D eigenvalue weighted by Crippen LogP contribution is 2.25. The minimum Gasteiger partial charge on any atom is -0.383 e. The molecular weight excluding hydrogens is 292 g/mol. The third-order valence-corrected chi connectivity index (χ3v) is 3.36. The molecule has 0 heterocycles. The average molecular weight is 315 g/mol. The highest BCUT2D eigenvalue weighted by Gasteiger charge is 2.11. The fraction of sp³-hybridized carbons (Fsp3) is 0.571. The Morgan fingerprint density at radius 1 is 1.44 bits per heavy atom. The van der Waals surface area contributed by atoms with Gasteiger partial charge in [0.1, 0.15) is 0 Å². The van der Waals surface area contributed by atoms with Crippen molar-refractivity contribution in [1.29, 1.82) is 0 Å². The summed E-state index contributed by atoms with van der Waals surface area (Å²) in [5.41, 5.74) is 8.48. The lowest BCUT2D eigenvalue weighted by molar-refractivity contribution is 0.205. The van der Waals surface area contributed by atoms with E-state index in [9.17, 15) is 0 Å². The summed E-state index contributed by atoms with van der Waals surface area (Å²) in [6.45, 7) is 6.81. The molecular formula is C14H23BrN2O. The Morgan fingerprint density at radius 3 is 2.72 bits per heavy atom. The molecule has 0 aliphatic heterocycles. The zero-order chi connectivity index (χ0) is 13.5. The quantitative estimate of drug-likeness (QED) is 0.841. The second-order valence-electron chi connectivity index (χ2n) is 4.53. The molecule has 3 nitrogen and oxygen atoms in total. The van der Waals surface area contributed by atoms with Crippen molar-refractivity contribution < 1.29 is 4.74 Å². The summed E-state index contributed by atoms with van der Waals surface area (Å²) in [5, 5.41) is 0. The highest BCUT2D eigenvalue weighted by molar-refractivity contribution is 9.10. The van der Waals surface area contributed by atoms with Gasteiger partial charge in [0.25, 0.3) is 0 Å². The van der Waals surface area contributed by atoms with E-state index in [1.807, 2.05) is 6.92 Å². The Balaban J connectivity index is 2.96. The maximum Gasteiger partial charge on any atom is 0.0637 e. The number of likely N-dealkylation sites (N-methyl/N-ethyl adjacent to an activating group) is 1. The Bertz CT molecular complexity index is 369. The first-order chi connectivity index (χ1) is 8.58. The first-order valence-corrected chi connectivity index (χ1v) is 7.15. The van der Waals surface area contributed by atoms with E-state index in [4.69, 9.17) is 10.5 Å². The van der Waals surface area contributed by atoms with Crippen LogP contribution in [0.1, 0.15) is 19.4 Å². The van der Waals surface area contributed by atoms with Crippen LogP contribution in [0.2, 0.25) is 0 Å². The van der Waals surface area contributed by atoms with Crippen molar-refractivity contribution in [2.24, 2.45) is 5.73 Å². The molecule has 0 fully saturated rings. The molecule has 0 bridgehead atoms. The molecule has 0 saturated heterocycles. The number of methoxy groups -OCH3 is 1. The van der Waals surface area contributed by atoms with Crippen molar-refractivity contribution in [3.63, 3.8) is 0 Å². The zero-order valence-electron chi connectivity index (χ0n) is 11.4. The molecule has 0 amide bonds. The van der Waals surface area contributed by atoms with Crippen LogP contribution >= 0.6 is 15.9 Å². The molecule has 1 aromatic rings. The van der Waals surface area contributed by atoms with Crippen LogP contribution < -0.4 is 10.6 Å². The molecule has 2 N–H and O–H groups in total. The number of halogens is 1. The van der Waals surface area contributed by atoms with Crippen LogP contribution in [0, 0.1) is 0 Å². The van der Waals surface area contributed by atoms with E-state index in [2.05, 4.69) is 46.0 Å². The van der Waals surface area contributed by atoms with Crippen LogP contribution in [0.5, 0.6) is 0 Å². The molecule has 0 spiro atoms. The lowest BCUT2D eigenvalue weighted by Gasteiger charge is -2.26. The molecule has 1 atom stereocenters. The van der Waals surface area contributed by atoms with Crippen molar-refractivity contribution in [2.75, 3.05) is 31.7 Å². The molecule has 1 rings (SSSR count). The summed E-state index contributed by atoms with van der Waals surface area (Å²) in [4.78, 5) is 2.33. The van der Waals surface area contributed by atoms with Gasteiger partial charge in [-0.2, -0.15) is 0 Å². The fourth-order valence-electron chi connectivity index (χ4n) is 2.02. The third-order valence-electron chi connectivity index (χ3n) is 2.87. The summed E-state index contributed by atoms with van der Waals surface area (Å²) in [7, 11) is 1.73. The predicted molar refractivity (Wildman–Crippen MR) is 81.3 cm³/mol. The van der Waals surface area contributed by atoms with Gasteiger partial charge in [-0.05, 0) is 44.0 Å². The SMILES string of the molecule is CCN(CCOC)c1ccc(Br)cc1CC(C)N. The van der Waals surface area contributed by atoms with Crippen LogP contribution in [-0.2, 0) is 11.2 Å². The summed E-state index contributed by atoms with van der Waals surface area (Å²) >= 11 is 3.53. The van der Waals surface area contributed by atoms with Crippen molar-refractivity contribution in [3.05, 3.63) is 28.2 Å². The number of nitrogens with two attached hydrogens (primary N) is 1. The Labute approximate surface area is 118 Å². The molecule has 0 aromatic heterocycles. The fourth-order valence-corrected chi connectivity index (χ4v) is 2.43. The van der Waals surface area contributed by atoms with E-state index in [0.717, 1.165) is 30.6 Å². The van der Waals surface area contributed by atoms with Gasteiger partial charge in [0.05, 0.1) is 6.61 Å². The lowest BCUT2D eigenvalue weighted by atomic mass is 10.0. The van der Waals surface area contributed by atoms with Crippen LogP contribution in [0.15, 0.2) is 22.7 Å². The van der Waals surface area contributed by atoms with E-state index in [-0.39, 0.29) is 6.04 Å². The molecule has 1 unspecified atom stereocenters. The van der Waals surface area contributed by atoms with E-state index in [0.29, 0.717) is 0 Å². The first-order valence-electron chi connectivity index (χ1n) is 6.36. The highest BCUT2D eigenvalue weighted by atomic mass is 79.9. The average Bonchev–Trinajstić information content (AvgIpc) is 2.31. The van der Waals surface area contributed by atoms with E-state index >= 15 is 0 Å². The molecule has 18 heavy (non-hydrogen) atoms. The molecule has 0 saturated carbocycles. The Kier molecular flexibility index (Phi) is 6.68. The van der Waals surface area contributed by atoms with Gasteiger partial charge < -0.3 is 15.4 Å². The largest absolute Gasteiger partial charge is 0.383 e. The first kappa shape index (κ1) is 15.5. The monoisotopic (exact) mass is 314 g/mol. The van der Waals surface area contributed by atoms with Crippen molar-refractivity contribution >= 4 is 21.6 Å². The van der Waals surface area contributed by atoms with Crippen molar-refractivity contribution in [3.8, 4) is 0 Å². The molecule has 0 radical (unpaired) electrons. The van der Waals surface area contributed by atoms with Crippen molar-refractivity contribution in [2.45, 2.75) is 26.3 Å². The summed E-state index contributed by atoms with van der Waals surface area (Å²) in [6.07, 6.45) is 0.887. The molecule has 0 aliphatic rings. The van der Waals surface area contributed by atoms with Crippen LogP contribution in [0.3, 0.4) is 0 Å². The van der Waals surface area contributed by atoms with Gasteiger partial charge >= 0.3 is 0 Å². The minimum atomic E-state index is 0.166. The summed E-state index contributed by atoms with van der Waals surface area (Å²) in [5.74, 6) is 0. The van der Waals surface area contributed by atoms with E-state index < -0.39 is 0 Å². The smallest absolute Gasteiger partial charge is 0.0637 e. The number of hydrogen-bond donors (Lipinski definition) is 1. The third kappa shape index (κ3) is 4.59. The van der Waals surface area contributed by atoms with Crippen LogP contribution in [0.25, 0.3) is 0 Å². The normalized spacial score (nSPS) is 12.5. The summed E-state index contributed by atoms with van der Waals surface area (Å²) < 4.78 is 6.27. The van der Waals surface area contributed by atoms with Gasteiger partial charge in [-0.3, -0.25) is 0 Å². The van der Waals surface area contributed by atoms with E-state index in [1.54, 1.807) is 7.11 Å². The van der Waals surface area contributed by atoms with E-state index in [1.165, 1.54) is 11.3 Å². The second-order valence-corrected chi connectivity index (χ2v) is 5.44. The number of rotatable bonds is 7. The van der Waals surface area contributed by atoms with Crippen molar-refractivity contribution in [1.82, 2.24) is 0 Å². The van der Waals surface area contributed by atoms with Gasteiger partial charge in [0.15, 0.2) is 0 Å². The van der Waals surface area contributed by atoms with Gasteiger partial charge in [0.2, 0.25) is 0 Å². The standard InChI is InChI=1S/C14H23BrN2O/c1-4-17(7-8-18-3)14-6-5-13(15)10-12(14)9-11(2)16/h5-6,10-11H,4,7-9,16H2,1-3H3. The maximum absolute atomic E-state index is 5.93. The lowest BCUT2D eigenvalue weighted by Crippen LogP contribution is -2.29. The Morgan fingerprint density at radius 2 is 2.17 bits per heavy atom.